The number of hydrogen-bond donors (Lipinski definition) is 1. The van der Waals surface area contributed by atoms with E-state index in [4.69, 9.17) is 4.74 Å². The topological polar surface area (TPSA) is 77.3 Å². The van der Waals surface area contributed by atoms with Crippen LogP contribution in [0.2, 0.25) is 0 Å². The van der Waals surface area contributed by atoms with Crippen LogP contribution in [0.1, 0.15) is 19.3 Å². The summed E-state index contributed by atoms with van der Waals surface area (Å²) in [5.41, 5.74) is 0.0133. The monoisotopic (exact) mass is 251 g/mol. The minimum atomic E-state index is -0.445. The number of piperidine rings is 1. The van der Waals surface area contributed by atoms with Gasteiger partial charge in [-0.15, -0.1) is 0 Å². The number of aromatic nitrogens is 1. The Labute approximate surface area is 106 Å². The predicted molar refractivity (Wildman–Crippen MR) is 66.6 cm³/mol. The van der Waals surface area contributed by atoms with Crippen LogP contribution in [0.15, 0.2) is 18.3 Å². The number of nitro groups is 1. The molecule has 6 nitrogen and oxygen atoms in total. The van der Waals surface area contributed by atoms with E-state index in [1.807, 2.05) is 0 Å². The minimum Gasteiger partial charge on any atom is -0.477 e. The Morgan fingerprint density at radius 3 is 3.22 bits per heavy atom. The van der Waals surface area contributed by atoms with Gasteiger partial charge >= 0.3 is 0 Å². The molecule has 6 heteroatoms. The summed E-state index contributed by atoms with van der Waals surface area (Å²) in [6, 6.07) is 2.72. The summed E-state index contributed by atoms with van der Waals surface area (Å²) in [5, 5.41) is 13.9. The molecule has 1 fully saturated rings. The van der Waals surface area contributed by atoms with Crippen LogP contribution >= 0.6 is 0 Å². The van der Waals surface area contributed by atoms with E-state index in [0.717, 1.165) is 19.5 Å². The largest absolute Gasteiger partial charge is 0.477 e. The molecule has 0 saturated carbocycles. The van der Waals surface area contributed by atoms with Gasteiger partial charge in [0.1, 0.15) is 0 Å². The Morgan fingerprint density at radius 1 is 1.61 bits per heavy atom. The average Bonchev–Trinajstić information content (AvgIpc) is 2.40. The highest BCUT2D eigenvalue weighted by Gasteiger charge is 2.13. The molecule has 0 radical (unpaired) electrons. The first-order valence-electron chi connectivity index (χ1n) is 6.19. The van der Waals surface area contributed by atoms with Crippen LogP contribution in [0.25, 0.3) is 0 Å². The molecule has 0 aliphatic carbocycles. The number of pyridine rings is 1. The number of ether oxygens (including phenoxy) is 1. The lowest BCUT2D eigenvalue weighted by atomic mass is 9.97. The summed E-state index contributed by atoms with van der Waals surface area (Å²) in [6.07, 6.45) is 4.78. The number of rotatable bonds is 5. The average molecular weight is 251 g/mol. The fourth-order valence-electron chi connectivity index (χ4n) is 2.09. The highest BCUT2D eigenvalue weighted by Crippen LogP contribution is 2.18. The van der Waals surface area contributed by atoms with Gasteiger partial charge < -0.3 is 10.1 Å². The van der Waals surface area contributed by atoms with Crippen molar-refractivity contribution in [3.63, 3.8) is 0 Å². The summed E-state index contributed by atoms with van der Waals surface area (Å²) in [4.78, 5) is 14.1. The SMILES string of the molecule is O=[N+]([O-])c1ccnc(OCCC2CCCNC2)c1. The van der Waals surface area contributed by atoms with E-state index in [1.165, 1.54) is 31.2 Å². The minimum absolute atomic E-state index is 0.0133. The Balaban J connectivity index is 1.78. The van der Waals surface area contributed by atoms with Gasteiger partial charge in [-0.05, 0) is 38.3 Å². The van der Waals surface area contributed by atoms with Crippen LogP contribution in [0.4, 0.5) is 5.69 Å². The van der Waals surface area contributed by atoms with E-state index in [0.29, 0.717) is 18.4 Å². The Morgan fingerprint density at radius 2 is 2.50 bits per heavy atom. The molecule has 1 saturated heterocycles. The van der Waals surface area contributed by atoms with E-state index in [-0.39, 0.29) is 5.69 Å². The summed E-state index contributed by atoms with van der Waals surface area (Å²) in [7, 11) is 0. The molecule has 2 heterocycles. The zero-order valence-corrected chi connectivity index (χ0v) is 10.2. The van der Waals surface area contributed by atoms with Crippen molar-refractivity contribution in [2.24, 2.45) is 5.92 Å². The standard InChI is InChI=1S/C12H17N3O3/c16-15(17)11-3-6-14-12(8-11)18-7-4-10-2-1-5-13-9-10/h3,6,8,10,13H,1-2,4-5,7,9H2. The lowest BCUT2D eigenvalue weighted by molar-refractivity contribution is -0.385. The molecule has 0 spiro atoms. The zero-order valence-electron chi connectivity index (χ0n) is 10.2. The first kappa shape index (κ1) is 12.8. The Hall–Kier alpha value is -1.69. The fourth-order valence-corrected chi connectivity index (χ4v) is 2.09. The molecule has 0 bridgehead atoms. The molecule has 1 aliphatic heterocycles. The second-order valence-electron chi connectivity index (χ2n) is 4.46. The predicted octanol–water partition coefficient (Wildman–Crippen LogP) is 1.76. The Kier molecular flexibility index (Phi) is 4.46. The fraction of sp³-hybridized carbons (Fsp3) is 0.583. The molecule has 1 aromatic rings. The van der Waals surface area contributed by atoms with E-state index >= 15 is 0 Å². The van der Waals surface area contributed by atoms with E-state index < -0.39 is 4.92 Å². The number of hydrogen-bond acceptors (Lipinski definition) is 5. The second kappa shape index (κ2) is 6.30. The summed E-state index contributed by atoms with van der Waals surface area (Å²) < 4.78 is 5.46. The lowest BCUT2D eigenvalue weighted by Crippen LogP contribution is -2.30. The number of nitrogens with one attached hydrogen (secondary N) is 1. The van der Waals surface area contributed by atoms with Gasteiger partial charge in [-0.25, -0.2) is 4.98 Å². The molecular weight excluding hydrogens is 234 g/mol. The lowest BCUT2D eigenvalue weighted by Gasteiger charge is -2.22. The van der Waals surface area contributed by atoms with Gasteiger partial charge in [0.15, 0.2) is 0 Å². The molecule has 18 heavy (non-hydrogen) atoms. The van der Waals surface area contributed by atoms with Gasteiger partial charge in [0, 0.05) is 12.3 Å². The molecule has 98 valence electrons. The molecule has 1 atom stereocenters. The van der Waals surface area contributed by atoms with Gasteiger partial charge in [0.05, 0.1) is 17.6 Å². The van der Waals surface area contributed by atoms with Crippen molar-refractivity contribution in [1.29, 1.82) is 0 Å². The zero-order chi connectivity index (χ0) is 12.8. The van der Waals surface area contributed by atoms with Crippen molar-refractivity contribution >= 4 is 5.69 Å². The smallest absolute Gasteiger partial charge is 0.276 e. The maximum Gasteiger partial charge on any atom is 0.276 e. The molecule has 1 unspecified atom stereocenters. The highest BCUT2D eigenvalue weighted by molar-refractivity contribution is 5.32. The van der Waals surface area contributed by atoms with Crippen LogP contribution in [0.5, 0.6) is 5.88 Å². The maximum absolute atomic E-state index is 10.6. The third kappa shape index (κ3) is 3.66. The van der Waals surface area contributed by atoms with Crippen LogP contribution in [-0.4, -0.2) is 29.6 Å². The second-order valence-corrected chi connectivity index (χ2v) is 4.46. The van der Waals surface area contributed by atoms with Crippen LogP contribution in [0, 0.1) is 16.0 Å². The number of nitrogens with zero attached hydrogens (tertiary/aromatic N) is 2. The van der Waals surface area contributed by atoms with Gasteiger partial charge in [0.2, 0.25) is 5.88 Å². The highest BCUT2D eigenvalue weighted by atomic mass is 16.6. The maximum atomic E-state index is 10.6. The van der Waals surface area contributed by atoms with Gasteiger partial charge in [-0.1, -0.05) is 0 Å². The van der Waals surface area contributed by atoms with Crippen molar-refractivity contribution in [3.05, 3.63) is 28.4 Å². The van der Waals surface area contributed by atoms with Crippen molar-refractivity contribution < 1.29 is 9.66 Å². The van der Waals surface area contributed by atoms with Crippen molar-refractivity contribution in [2.75, 3.05) is 19.7 Å². The van der Waals surface area contributed by atoms with E-state index in [1.54, 1.807) is 0 Å². The molecule has 0 amide bonds. The Bertz CT molecular complexity index is 405. The van der Waals surface area contributed by atoms with Gasteiger partial charge in [0.25, 0.3) is 5.69 Å². The normalized spacial score (nSPS) is 19.4. The van der Waals surface area contributed by atoms with Crippen LogP contribution < -0.4 is 10.1 Å². The third-order valence-corrected chi connectivity index (χ3v) is 3.10. The quantitative estimate of drug-likeness (QED) is 0.637. The molecule has 1 aromatic heterocycles. The van der Waals surface area contributed by atoms with Gasteiger partial charge in [-0.3, -0.25) is 10.1 Å². The molecule has 2 rings (SSSR count). The molecule has 0 aromatic carbocycles. The van der Waals surface area contributed by atoms with E-state index in [9.17, 15) is 10.1 Å². The first-order chi connectivity index (χ1) is 8.75. The van der Waals surface area contributed by atoms with Crippen molar-refractivity contribution in [3.8, 4) is 5.88 Å². The molecular formula is C12H17N3O3. The summed E-state index contributed by atoms with van der Waals surface area (Å²) >= 11 is 0. The van der Waals surface area contributed by atoms with Crippen LogP contribution in [0.3, 0.4) is 0 Å². The summed E-state index contributed by atoms with van der Waals surface area (Å²) in [6.45, 7) is 2.69. The van der Waals surface area contributed by atoms with Gasteiger partial charge in [-0.2, -0.15) is 0 Å². The summed E-state index contributed by atoms with van der Waals surface area (Å²) in [5.74, 6) is 0.963. The van der Waals surface area contributed by atoms with Crippen molar-refractivity contribution in [2.45, 2.75) is 19.3 Å². The third-order valence-electron chi connectivity index (χ3n) is 3.10. The van der Waals surface area contributed by atoms with Crippen LogP contribution in [-0.2, 0) is 0 Å². The molecule has 1 N–H and O–H groups in total. The first-order valence-corrected chi connectivity index (χ1v) is 6.19. The molecule has 1 aliphatic rings. The van der Waals surface area contributed by atoms with E-state index in [2.05, 4.69) is 10.3 Å². The van der Waals surface area contributed by atoms with Crippen molar-refractivity contribution in [1.82, 2.24) is 10.3 Å².